The van der Waals surface area contributed by atoms with Gasteiger partial charge in [0.1, 0.15) is 12.4 Å². The van der Waals surface area contributed by atoms with Gasteiger partial charge in [-0.25, -0.2) is 4.68 Å². The molecule has 26 heavy (non-hydrogen) atoms. The first kappa shape index (κ1) is 18.0. The number of benzene rings is 1. The lowest BCUT2D eigenvalue weighted by Gasteiger charge is -2.19. The highest BCUT2D eigenvalue weighted by Gasteiger charge is 2.29. The van der Waals surface area contributed by atoms with Crippen LogP contribution in [-0.4, -0.2) is 32.3 Å². The van der Waals surface area contributed by atoms with Gasteiger partial charge in [-0.2, -0.15) is 5.10 Å². The van der Waals surface area contributed by atoms with Gasteiger partial charge in [-0.3, -0.25) is 9.47 Å². The fourth-order valence-corrected chi connectivity index (χ4v) is 3.74. The van der Waals surface area contributed by atoms with Crippen LogP contribution in [0.4, 0.5) is 0 Å². The van der Waals surface area contributed by atoms with E-state index in [-0.39, 0.29) is 0 Å². The van der Waals surface area contributed by atoms with Gasteiger partial charge in [-0.05, 0) is 62.5 Å². The molecule has 7 heteroatoms. The Morgan fingerprint density at radius 2 is 2.04 bits per heavy atom. The first-order valence-corrected chi connectivity index (χ1v) is 10.2. The number of nitrogens with zero attached hydrogens (tertiary/aromatic N) is 4. The van der Waals surface area contributed by atoms with Gasteiger partial charge in [-0.15, -0.1) is 0 Å². The number of rotatable bonds is 9. The fraction of sp³-hybridized carbons (Fsp3) is 0.579. The van der Waals surface area contributed by atoms with Crippen LogP contribution in [0.5, 0.6) is 5.75 Å². The minimum atomic E-state index is 0.381. The zero-order chi connectivity index (χ0) is 18.1. The summed E-state index contributed by atoms with van der Waals surface area (Å²) in [4.78, 5) is 2.43. The first-order valence-electron chi connectivity index (χ1n) is 9.43. The number of halogens is 1. The molecule has 0 N–H and O–H groups in total. The summed E-state index contributed by atoms with van der Waals surface area (Å²) in [7, 11) is 0. The molecule has 0 bridgehead atoms. The molecule has 5 nitrogen and oxygen atoms in total. The van der Waals surface area contributed by atoms with Crippen LogP contribution in [0.25, 0.3) is 0 Å². The predicted octanol–water partition coefficient (Wildman–Crippen LogP) is 4.67. The van der Waals surface area contributed by atoms with Gasteiger partial charge in [0.15, 0.2) is 10.6 Å². The average Bonchev–Trinajstić information content (AvgIpc) is 3.55. The van der Waals surface area contributed by atoms with E-state index in [0.717, 1.165) is 36.3 Å². The topological polar surface area (TPSA) is 35.2 Å². The summed E-state index contributed by atoms with van der Waals surface area (Å²) >= 11 is 11.9. The van der Waals surface area contributed by atoms with Crippen LogP contribution < -0.4 is 4.74 Å². The van der Waals surface area contributed by atoms with E-state index < -0.39 is 0 Å². The minimum Gasteiger partial charge on any atom is -0.484 e. The molecule has 0 amide bonds. The summed E-state index contributed by atoms with van der Waals surface area (Å²) in [5.41, 5.74) is 0. The van der Waals surface area contributed by atoms with Gasteiger partial charge in [0.2, 0.25) is 0 Å². The van der Waals surface area contributed by atoms with E-state index in [1.54, 1.807) is 0 Å². The van der Waals surface area contributed by atoms with E-state index in [1.165, 1.54) is 25.7 Å². The summed E-state index contributed by atoms with van der Waals surface area (Å²) in [6.07, 6.45) is 5.04. The second-order valence-corrected chi connectivity index (χ2v) is 8.05. The molecule has 0 unspecified atom stereocenters. The normalized spacial score (nSPS) is 17.0. The third-order valence-corrected chi connectivity index (χ3v) is 5.76. The van der Waals surface area contributed by atoms with Crippen molar-refractivity contribution in [3.05, 3.63) is 39.9 Å². The van der Waals surface area contributed by atoms with Crippen LogP contribution >= 0.6 is 23.8 Å². The van der Waals surface area contributed by atoms with E-state index in [0.29, 0.717) is 23.4 Å². The lowest BCUT2D eigenvalue weighted by molar-refractivity contribution is 0.205. The largest absolute Gasteiger partial charge is 0.484 e. The number of hydrogen-bond acceptors (Lipinski definition) is 4. The van der Waals surface area contributed by atoms with Crippen LogP contribution in [-0.2, 0) is 13.3 Å². The molecular formula is C19H25ClN4OS. The molecule has 0 saturated heterocycles. The highest BCUT2D eigenvalue weighted by molar-refractivity contribution is 7.71. The molecule has 2 fully saturated rings. The maximum absolute atomic E-state index is 6.20. The summed E-state index contributed by atoms with van der Waals surface area (Å²) in [5.74, 6) is 2.43. The molecule has 1 aromatic carbocycles. The van der Waals surface area contributed by atoms with Crippen molar-refractivity contribution in [3.8, 4) is 5.75 Å². The van der Waals surface area contributed by atoms with Crippen molar-refractivity contribution in [1.29, 1.82) is 0 Å². The molecule has 2 saturated carbocycles. The maximum atomic E-state index is 6.20. The van der Waals surface area contributed by atoms with Crippen LogP contribution in [0.2, 0.25) is 5.02 Å². The number of ether oxygens (including phenoxy) is 1. The Bertz CT molecular complexity index is 825. The first-order chi connectivity index (χ1) is 12.7. The zero-order valence-electron chi connectivity index (χ0n) is 15.1. The standard InChI is InChI=1S/C19H25ClN4OS/c1-2-22(11-14-7-8-14)13-23-19(26)24(15-9-10-15)18(21-23)12-25-17-6-4-3-5-16(17)20/h3-6,14-15H,2,7-13H2,1H3. The van der Waals surface area contributed by atoms with Crippen molar-refractivity contribution >= 4 is 23.8 Å². The third-order valence-electron chi connectivity index (χ3n) is 5.04. The second-order valence-electron chi connectivity index (χ2n) is 7.27. The van der Waals surface area contributed by atoms with Crippen molar-refractivity contribution in [2.24, 2.45) is 5.92 Å². The van der Waals surface area contributed by atoms with E-state index in [2.05, 4.69) is 16.4 Å². The summed E-state index contributed by atoms with van der Waals surface area (Å²) in [5, 5.41) is 5.41. The molecule has 0 radical (unpaired) electrons. The van der Waals surface area contributed by atoms with Crippen molar-refractivity contribution in [1.82, 2.24) is 19.2 Å². The molecule has 0 spiro atoms. The number of aromatic nitrogens is 3. The molecule has 2 aliphatic rings. The van der Waals surface area contributed by atoms with Crippen molar-refractivity contribution < 1.29 is 4.74 Å². The van der Waals surface area contributed by atoms with Crippen molar-refractivity contribution in [3.63, 3.8) is 0 Å². The highest BCUT2D eigenvalue weighted by Crippen LogP contribution is 2.36. The van der Waals surface area contributed by atoms with Gasteiger partial charge in [0.05, 0.1) is 11.7 Å². The smallest absolute Gasteiger partial charge is 0.199 e. The third kappa shape index (κ3) is 4.13. The average molecular weight is 393 g/mol. The Balaban J connectivity index is 1.52. The summed E-state index contributed by atoms with van der Waals surface area (Å²) < 4.78 is 10.9. The zero-order valence-corrected chi connectivity index (χ0v) is 16.7. The second kappa shape index (κ2) is 7.71. The SMILES string of the molecule is CCN(CC1CC1)Cn1nc(COc2ccccc2Cl)n(C2CC2)c1=S. The van der Waals surface area contributed by atoms with Gasteiger partial charge in [0.25, 0.3) is 0 Å². The van der Waals surface area contributed by atoms with Crippen LogP contribution in [0.15, 0.2) is 24.3 Å². The van der Waals surface area contributed by atoms with Gasteiger partial charge >= 0.3 is 0 Å². The maximum Gasteiger partial charge on any atom is 0.199 e. The predicted molar refractivity (Wildman–Crippen MR) is 105 cm³/mol. The molecule has 2 aliphatic carbocycles. The lowest BCUT2D eigenvalue weighted by atomic mass is 10.3. The van der Waals surface area contributed by atoms with Crippen LogP contribution in [0, 0.1) is 10.7 Å². The Morgan fingerprint density at radius 1 is 1.27 bits per heavy atom. The van der Waals surface area contributed by atoms with Gasteiger partial charge in [0, 0.05) is 12.6 Å². The molecule has 1 heterocycles. The number of hydrogen-bond donors (Lipinski definition) is 0. The van der Waals surface area contributed by atoms with Crippen LogP contribution in [0.3, 0.4) is 0 Å². The monoisotopic (exact) mass is 392 g/mol. The molecular weight excluding hydrogens is 368 g/mol. The molecule has 4 rings (SSSR count). The Morgan fingerprint density at radius 3 is 2.69 bits per heavy atom. The Hall–Kier alpha value is -1.37. The van der Waals surface area contributed by atoms with E-state index in [1.807, 2.05) is 28.9 Å². The summed E-state index contributed by atoms with van der Waals surface area (Å²) in [6, 6.07) is 8.00. The van der Waals surface area contributed by atoms with Gasteiger partial charge < -0.3 is 4.74 Å². The van der Waals surface area contributed by atoms with Gasteiger partial charge in [-0.1, -0.05) is 30.7 Å². The van der Waals surface area contributed by atoms with Crippen LogP contribution in [0.1, 0.15) is 44.5 Å². The number of para-hydroxylation sites is 1. The molecule has 1 aromatic heterocycles. The molecule has 0 atom stereocenters. The van der Waals surface area contributed by atoms with E-state index in [9.17, 15) is 0 Å². The Kier molecular flexibility index (Phi) is 5.34. The highest BCUT2D eigenvalue weighted by atomic mass is 35.5. The molecule has 2 aromatic rings. The lowest BCUT2D eigenvalue weighted by Crippen LogP contribution is -2.29. The van der Waals surface area contributed by atoms with Crippen molar-refractivity contribution in [2.45, 2.75) is 51.9 Å². The fourth-order valence-electron chi connectivity index (χ4n) is 3.20. The van der Waals surface area contributed by atoms with E-state index >= 15 is 0 Å². The summed E-state index contributed by atoms with van der Waals surface area (Å²) in [6.45, 7) is 5.49. The molecule has 140 valence electrons. The van der Waals surface area contributed by atoms with Crippen molar-refractivity contribution in [2.75, 3.05) is 13.1 Å². The minimum absolute atomic E-state index is 0.381. The Labute approximate surface area is 164 Å². The quantitative estimate of drug-likeness (QED) is 0.581. The van der Waals surface area contributed by atoms with E-state index in [4.69, 9.17) is 33.7 Å². The molecule has 0 aliphatic heterocycles.